The van der Waals surface area contributed by atoms with Crippen molar-refractivity contribution in [1.82, 2.24) is 25.7 Å². The smallest absolute Gasteiger partial charge is 0.268 e. The van der Waals surface area contributed by atoms with E-state index in [0.717, 1.165) is 26.2 Å². The van der Waals surface area contributed by atoms with E-state index < -0.39 is 0 Å². The number of aromatic nitrogens is 2. The van der Waals surface area contributed by atoms with Crippen molar-refractivity contribution in [1.29, 1.82) is 0 Å². The minimum atomic E-state index is -0.346. The molecule has 0 bridgehead atoms. The maximum absolute atomic E-state index is 13.2. The summed E-state index contributed by atoms with van der Waals surface area (Å²) < 4.78 is 13.2. The Balaban J connectivity index is 1.69. The molecule has 1 aromatic heterocycles. The standard InChI is InChI=1S/C15H16FN5O/c16-13-3-1-2-11(8-13)14-18-9-12(10-19-14)15(22)20-21-6-4-17-5-7-21/h1-3,8-10,17H,4-7H2,(H,20,22). The molecule has 1 aromatic carbocycles. The van der Waals surface area contributed by atoms with Crippen LogP contribution >= 0.6 is 0 Å². The molecule has 0 spiro atoms. The quantitative estimate of drug-likeness (QED) is 0.879. The predicted molar refractivity (Wildman–Crippen MR) is 79.3 cm³/mol. The van der Waals surface area contributed by atoms with Crippen molar-refractivity contribution in [2.45, 2.75) is 0 Å². The van der Waals surface area contributed by atoms with E-state index in [0.29, 0.717) is 17.0 Å². The third kappa shape index (κ3) is 3.44. The molecule has 114 valence electrons. The maximum Gasteiger partial charge on any atom is 0.268 e. The van der Waals surface area contributed by atoms with Gasteiger partial charge in [0.15, 0.2) is 5.82 Å². The minimum absolute atomic E-state index is 0.243. The molecule has 1 aliphatic rings. The fraction of sp³-hybridized carbons (Fsp3) is 0.267. The largest absolute Gasteiger partial charge is 0.314 e. The zero-order chi connectivity index (χ0) is 15.4. The van der Waals surface area contributed by atoms with Gasteiger partial charge in [0.25, 0.3) is 5.91 Å². The number of carbonyl (C=O) groups is 1. The molecule has 3 rings (SSSR count). The highest BCUT2D eigenvalue weighted by Crippen LogP contribution is 2.15. The Kier molecular flexibility index (Phi) is 4.36. The van der Waals surface area contributed by atoms with Crippen LogP contribution in [0.4, 0.5) is 4.39 Å². The van der Waals surface area contributed by atoms with Crippen LogP contribution in [0, 0.1) is 5.82 Å². The number of hydrazine groups is 1. The molecule has 1 saturated heterocycles. The van der Waals surface area contributed by atoms with E-state index in [1.807, 2.05) is 5.01 Å². The van der Waals surface area contributed by atoms with Crippen molar-refractivity contribution < 1.29 is 9.18 Å². The van der Waals surface area contributed by atoms with Gasteiger partial charge in [0.05, 0.1) is 5.56 Å². The Bertz CT molecular complexity index is 655. The molecule has 0 saturated carbocycles. The van der Waals surface area contributed by atoms with E-state index >= 15 is 0 Å². The Labute approximate surface area is 127 Å². The van der Waals surface area contributed by atoms with Gasteiger partial charge in [-0.25, -0.2) is 19.4 Å². The van der Waals surface area contributed by atoms with Crippen LogP contribution in [0.3, 0.4) is 0 Å². The first-order valence-corrected chi connectivity index (χ1v) is 7.07. The van der Waals surface area contributed by atoms with Crippen molar-refractivity contribution in [3.63, 3.8) is 0 Å². The van der Waals surface area contributed by atoms with Gasteiger partial charge in [-0.3, -0.25) is 10.2 Å². The topological polar surface area (TPSA) is 70.2 Å². The minimum Gasteiger partial charge on any atom is -0.314 e. The highest BCUT2D eigenvalue weighted by atomic mass is 19.1. The molecule has 7 heteroatoms. The second kappa shape index (κ2) is 6.59. The highest BCUT2D eigenvalue weighted by Gasteiger charge is 2.14. The zero-order valence-corrected chi connectivity index (χ0v) is 11.9. The van der Waals surface area contributed by atoms with Crippen LogP contribution in [-0.4, -0.2) is 47.1 Å². The van der Waals surface area contributed by atoms with Crippen LogP contribution in [0.15, 0.2) is 36.7 Å². The number of hydrogen-bond acceptors (Lipinski definition) is 5. The van der Waals surface area contributed by atoms with Gasteiger partial charge in [0.1, 0.15) is 5.82 Å². The summed E-state index contributed by atoms with van der Waals surface area (Å²) in [4.78, 5) is 20.4. The Hall–Kier alpha value is -2.38. The highest BCUT2D eigenvalue weighted by molar-refractivity contribution is 5.93. The van der Waals surface area contributed by atoms with Crippen molar-refractivity contribution in [3.05, 3.63) is 48.0 Å². The van der Waals surface area contributed by atoms with Crippen LogP contribution in [0.2, 0.25) is 0 Å². The van der Waals surface area contributed by atoms with E-state index in [4.69, 9.17) is 0 Å². The van der Waals surface area contributed by atoms with Gasteiger partial charge >= 0.3 is 0 Å². The first kappa shape index (κ1) is 14.6. The van der Waals surface area contributed by atoms with Crippen LogP contribution in [0.1, 0.15) is 10.4 Å². The predicted octanol–water partition coefficient (Wildman–Crippen LogP) is 0.833. The third-order valence-corrected chi connectivity index (χ3v) is 3.37. The average molecular weight is 301 g/mol. The summed E-state index contributed by atoms with van der Waals surface area (Å²) in [6.45, 7) is 3.20. The monoisotopic (exact) mass is 301 g/mol. The molecule has 0 atom stereocenters. The van der Waals surface area contributed by atoms with Crippen molar-refractivity contribution >= 4 is 5.91 Å². The SMILES string of the molecule is O=C(NN1CCNCC1)c1cnc(-c2cccc(F)c2)nc1. The van der Waals surface area contributed by atoms with E-state index in [9.17, 15) is 9.18 Å². The Morgan fingerprint density at radius 3 is 2.64 bits per heavy atom. The molecule has 0 radical (unpaired) electrons. The summed E-state index contributed by atoms with van der Waals surface area (Å²) in [6.07, 6.45) is 2.90. The number of amides is 1. The summed E-state index contributed by atoms with van der Waals surface area (Å²) in [5, 5.41) is 5.07. The van der Waals surface area contributed by atoms with Gasteiger partial charge in [0, 0.05) is 44.1 Å². The van der Waals surface area contributed by atoms with Crippen molar-refractivity contribution in [2.24, 2.45) is 0 Å². The maximum atomic E-state index is 13.2. The summed E-state index contributed by atoms with van der Waals surface area (Å²) in [5.74, 6) is -0.201. The van der Waals surface area contributed by atoms with Crippen LogP contribution in [0.5, 0.6) is 0 Å². The fourth-order valence-electron chi connectivity index (χ4n) is 2.21. The third-order valence-electron chi connectivity index (χ3n) is 3.37. The molecule has 0 unspecified atom stereocenters. The van der Waals surface area contributed by atoms with Gasteiger partial charge in [-0.05, 0) is 12.1 Å². The van der Waals surface area contributed by atoms with Crippen LogP contribution in [0.25, 0.3) is 11.4 Å². The van der Waals surface area contributed by atoms with Crippen LogP contribution < -0.4 is 10.7 Å². The van der Waals surface area contributed by atoms with Gasteiger partial charge in [-0.2, -0.15) is 0 Å². The van der Waals surface area contributed by atoms with E-state index in [2.05, 4.69) is 20.7 Å². The van der Waals surface area contributed by atoms with Gasteiger partial charge in [0.2, 0.25) is 0 Å². The Morgan fingerprint density at radius 1 is 1.23 bits per heavy atom. The number of carbonyl (C=O) groups excluding carboxylic acids is 1. The second-order valence-electron chi connectivity index (χ2n) is 4.98. The lowest BCUT2D eigenvalue weighted by Crippen LogP contribution is -2.52. The molecule has 1 amide bonds. The van der Waals surface area contributed by atoms with E-state index in [1.54, 1.807) is 12.1 Å². The molecular weight excluding hydrogens is 285 g/mol. The lowest BCUT2D eigenvalue weighted by molar-refractivity contribution is 0.0764. The number of rotatable bonds is 3. The lowest BCUT2D eigenvalue weighted by atomic mass is 10.2. The zero-order valence-electron chi connectivity index (χ0n) is 11.9. The normalized spacial score (nSPS) is 15.5. The van der Waals surface area contributed by atoms with E-state index in [1.165, 1.54) is 24.5 Å². The number of benzene rings is 1. The number of nitrogens with zero attached hydrogens (tertiary/aromatic N) is 3. The molecule has 2 heterocycles. The molecular formula is C15H16FN5O. The lowest BCUT2D eigenvalue weighted by Gasteiger charge is -2.27. The molecule has 6 nitrogen and oxygen atoms in total. The Morgan fingerprint density at radius 2 is 1.95 bits per heavy atom. The molecule has 22 heavy (non-hydrogen) atoms. The van der Waals surface area contributed by atoms with Crippen LogP contribution in [-0.2, 0) is 0 Å². The van der Waals surface area contributed by atoms with Crippen molar-refractivity contribution in [2.75, 3.05) is 26.2 Å². The first-order valence-electron chi connectivity index (χ1n) is 7.07. The number of halogens is 1. The second-order valence-corrected chi connectivity index (χ2v) is 4.98. The molecule has 0 aliphatic carbocycles. The summed E-state index contributed by atoms with van der Waals surface area (Å²) >= 11 is 0. The van der Waals surface area contributed by atoms with Gasteiger partial charge in [-0.15, -0.1) is 0 Å². The fourth-order valence-corrected chi connectivity index (χ4v) is 2.21. The number of piperazine rings is 1. The molecule has 2 aromatic rings. The summed E-state index contributed by atoms with van der Waals surface area (Å²) in [6, 6.07) is 6.03. The summed E-state index contributed by atoms with van der Waals surface area (Å²) in [5.41, 5.74) is 3.77. The van der Waals surface area contributed by atoms with Gasteiger partial charge < -0.3 is 5.32 Å². The summed E-state index contributed by atoms with van der Waals surface area (Å²) in [7, 11) is 0. The molecule has 1 aliphatic heterocycles. The van der Waals surface area contributed by atoms with Crippen molar-refractivity contribution in [3.8, 4) is 11.4 Å². The van der Waals surface area contributed by atoms with Gasteiger partial charge in [-0.1, -0.05) is 12.1 Å². The van der Waals surface area contributed by atoms with E-state index in [-0.39, 0.29) is 11.7 Å². The average Bonchev–Trinajstić information content (AvgIpc) is 2.56. The first-order chi connectivity index (χ1) is 10.7. The number of hydrogen-bond donors (Lipinski definition) is 2. The molecule has 1 fully saturated rings. The molecule has 2 N–H and O–H groups in total. The number of nitrogens with one attached hydrogen (secondary N) is 2.